The summed E-state index contributed by atoms with van der Waals surface area (Å²) in [6, 6.07) is 18.1. The van der Waals surface area contributed by atoms with E-state index in [4.69, 9.17) is 4.42 Å². The lowest BCUT2D eigenvalue weighted by molar-refractivity contribution is 0.0934. The first-order valence-corrected chi connectivity index (χ1v) is 8.03. The molecule has 4 aromatic rings. The summed E-state index contributed by atoms with van der Waals surface area (Å²) >= 11 is 0. The molecule has 0 saturated heterocycles. The molecule has 4 rings (SSSR count). The number of fused-ring (bicyclic) bond motifs is 2. The highest BCUT2D eigenvalue weighted by Gasteiger charge is 2.18. The number of para-hydroxylation sites is 2. The van der Waals surface area contributed by atoms with Crippen LogP contribution in [0.15, 0.2) is 69.9 Å². The van der Waals surface area contributed by atoms with Gasteiger partial charge < -0.3 is 14.7 Å². The minimum atomic E-state index is -0.431. The van der Waals surface area contributed by atoms with Crippen molar-refractivity contribution in [1.82, 2.24) is 10.3 Å². The van der Waals surface area contributed by atoms with Gasteiger partial charge in [-0.1, -0.05) is 36.4 Å². The zero-order valence-corrected chi connectivity index (χ0v) is 13.6. The number of pyridine rings is 1. The molecule has 124 valence electrons. The fourth-order valence-electron chi connectivity index (χ4n) is 2.88. The van der Waals surface area contributed by atoms with Gasteiger partial charge in [0.1, 0.15) is 16.9 Å². The van der Waals surface area contributed by atoms with Crippen LogP contribution in [0.3, 0.4) is 0 Å². The van der Waals surface area contributed by atoms with Crippen LogP contribution in [0.4, 0.5) is 0 Å². The second-order valence-corrected chi connectivity index (χ2v) is 5.98. The Hall–Kier alpha value is -3.34. The summed E-state index contributed by atoms with van der Waals surface area (Å²) in [5.41, 5.74) is 1.14. The Bertz CT molecular complexity index is 1110. The van der Waals surface area contributed by atoms with Crippen molar-refractivity contribution in [3.63, 3.8) is 0 Å². The van der Waals surface area contributed by atoms with Crippen LogP contribution in [-0.2, 0) is 0 Å². The van der Waals surface area contributed by atoms with Crippen molar-refractivity contribution in [3.8, 4) is 0 Å². The minimum Gasteiger partial charge on any atom is -0.459 e. The average Bonchev–Trinajstić information content (AvgIpc) is 3.05. The van der Waals surface area contributed by atoms with E-state index in [-0.39, 0.29) is 11.6 Å². The number of nitrogens with one attached hydrogen (secondary N) is 2. The van der Waals surface area contributed by atoms with Crippen LogP contribution < -0.4 is 10.9 Å². The molecule has 0 aliphatic carbocycles. The van der Waals surface area contributed by atoms with Crippen LogP contribution in [0, 0.1) is 0 Å². The third-order valence-corrected chi connectivity index (χ3v) is 4.22. The van der Waals surface area contributed by atoms with Gasteiger partial charge >= 0.3 is 0 Å². The summed E-state index contributed by atoms with van der Waals surface area (Å²) in [4.78, 5) is 27.5. The molecule has 0 aliphatic rings. The topological polar surface area (TPSA) is 75.1 Å². The SMILES string of the molecule is CC(NC(=O)c1cc2ccccc2[nH]c1=O)c1cc2ccccc2o1. The number of carbonyl (C=O) groups is 1. The number of hydrogen-bond donors (Lipinski definition) is 2. The number of furan rings is 1. The van der Waals surface area contributed by atoms with Crippen molar-refractivity contribution in [2.75, 3.05) is 0 Å². The predicted molar refractivity (Wildman–Crippen MR) is 96.7 cm³/mol. The number of aromatic nitrogens is 1. The average molecular weight is 332 g/mol. The standard InChI is InChI=1S/C20H16N2O3/c1-12(18-11-14-7-3-5-9-17(14)25-18)21-19(23)15-10-13-6-2-4-8-16(13)22-20(15)24/h2-12H,1H3,(H,21,23)(H,22,24). The first-order chi connectivity index (χ1) is 12.1. The zero-order chi connectivity index (χ0) is 17.4. The highest BCUT2D eigenvalue weighted by atomic mass is 16.3. The van der Waals surface area contributed by atoms with Gasteiger partial charge in [0.2, 0.25) is 0 Å². The Morgan fingerprint density at radius 1 is 1.04 bits per heavy atom. The van der Waals surface area contributed by atoms with Crippen molar-refractivity contribution in [1.29, 1.82) is 0 Å². The summed E-state index contributed by atoms with van der Waals surface area (Å²) in [5.74, 6) is 0.215. The van der Waals surface area contributed by atoms with Crippen LogP contribution in [-0.4, -0.2) is 10.9 Å². The molecule has 2 heterocycles. The summed E-state index contributed by atoms with van der Waals surface area (Å²) < 4.78 is 5.77. The number of aromatic amines is 1. The molecule has 0 fully saturated rings. The summed E-state index contributed by atoms with van der Waals surface area (Å²) in [7, 11) is 0. The van der Waals surface area contributed by atoms with Gasteiger partial charge in [0.15, 0.2) is 0 Å². The second kappa shape index (κ2) is 5.94. The lowest BCUT2D eigenvalue weighted by Gasteiger charge is -2.11. The Labute approximate surface area is 143 Å². The maximum absolute atomic E-state index is 12.5. The molecule has 1 unspecified atom stereocenters. The Morgan fingerprint density at radius 3 is 2.56 bits per heavy atom. The number of amides is 1. The van der Waals surface area contributed by atoms with E-state index < -0.39 is 11.5 Å². The lowest BCUT2D eigenvalue weighted by Crippen LogP contribution is -2.31. The molecule has 1 atom stereocenters. The highest BCUT2D eigenvalue weighted by Crippen LogP contribution is 2.23. The minimum absolute atomic E-state index is 0.0849. The molecule has 2 N–H and O–H groups in total. The molecule has 5 heteroatoms. The summed E-state index contributed by atoms with van der Waals surface area (Å²) in [6.07, 6.45) is 0. The van der Waals surface area contributed by atoms with Crippen LogP contribution in [0.2, 0.25) is 0 Å². The van der Waals surface area contributed by atoms with E-state index in [1.165, 1.54) is 0 Å². The molecule has 1 amide bonds. The Kier molecular flexibility index (Phi) is 3.61. The van der Waals surface area contributed by atoms with Gasteiger partial charge in [0, 0.05) is 10.9 Å². The number of H-pyrrole nitrogens is 1. The van der Waals surface area contributed by atoms with E-state index in [1.54, 1.807) is 12.1 Å². The molecular weight excluding hydrogens is 316 g/mol. The highest BCUT2D eigenvalue weighted by molar-refractivity contribution is 5.97. The molecule has 25 heavy (non-hydrogen) atoms. The first kappa shape index (κ1) is 15.2. The molecule has 0 saturated carbocycles. The van der Waals surface area contributed by atoms with Crippen molar-refractivity contribution in [2.45, 2.75) is 13.0 Å². The first-order valence-electron chi connectivity index (χ1n) is 8.03. The molecule has 5 nitrogen and oxygen atoms in total. The number of hydrogen-bond acceptors (Lipinski definition) is 3. The third-order valence-electron chi connectivity index (χ3n) is 4.22. The Balaban J connectivity index is 1.63. The van der Waals surface area contributed by atoms with Gasteiger partial charge in [-0.25, -0.2) is 0 Å². The number of benzene rings is 2. The second-order valence-electron chi connectivity index (χ2n) is 5.98. The quantitative estimate of drug-likeness (QED) is 0.600. The number of rotatable bonds is 3. The Morgan fingerprint density at radius 2 is 1.76 bits per heavy atom. The monoisotopic (exact) mass is 332 g/mol. The molecule has 0 spiro atoms. The van der Waals surface area contributed by atoms with Gasteiger partial charge in [0.05, 0.1) is 6.04 Å². The van der Waals surface area contributed by atoms with E-state index in [2.05, 4.69) is 10.3 Å². The lowest BCUT2D eigenvalue weighted by atomic mass is 10.1. The van der Waals surface area contributed by atoms with Gasteiger partial charge in [-0.15, -0.1) is 0 Å². The maximum atomic E-state index is 12.5. The molecule has 2 aromatic heterocycles. The molecule has 0 bridgehead atoms. The van der Waals surface area contributed by atoms with Crippen molar-refractivity contribution < 1.29 is 9.21 Å². The van der Waals surface area contributed by atoms with Gasteiger partial charge in [-0.05, 0) is 36.6 Å². The third kappa shape index (κ3) is 2.80. The van der Waals surface area contributed by atoms with E-state index in [0.717, 1.165) is 16.4 Å². The van der Waals surface area contributed by atoms with Crippen molar-refractivity contribution in [3.05, 3.63) is 82.3 Å². The molecular formula is C20H16N2O3. The van der Waals surface area contributed by atoms with Crippen molar-refractivity contribution in [2.24, 2.45) is 0 Å². The van der Waals surface area contributed by atoms with Crippen LogP contribution >= 0.6 is 0 Å². The van der Waals surface area contributed by atoms with E-state index in [0.29, 0.717) is 11.3 Å². The molecule has 0 aliphatic heterocycles. The smallest absolute Gasteiger partial charge is 0.261 e. The maximum Gasteiger partial charge on any atom is 0.261 e. The fourth-order valence-corrected chi connectivity index (χ4v) is 2.88. The summed E-state index contributed by atoms with van der Waals surface area (Å²) in [5, 5.41) is 4.61. The van der Waals surface area contributed by atoms with Crippen LogP contribution in [0.25, 0.3) is 21.9 Å². The fraction of sp³-hybridized carbons (Fsp3) is 0.100. The van der Waals surface area contributed by atoms with Gasteiger partial charge in [-0.2, -0.15) is 0 Å². The van der Waals surface area contributed by atoms with Gasteiger partial charge in [0.25, 0.3) is 11.5 Å². The molecule has 0 radical (unpaired) electrons. The van der Waals surface area contributed by atoms with Crippen molar-refractivity contribution >= 4 is 27.8 Å². The zero-order valence-electron chi connectivity index (χ0n) is 13.6. The normalized spacial score (nSPS) is 12.4. The van der Waals surface area contributed by atoms with E-state index in [9.17, 15) is 9.59 Å². The summed E-state index contributed by atoms with van der Waals surface area (Å²) in [6.45, 7) is 1.82. The van der Waals surface area contributed by atoms with Crippen LogP contribution in [0.1, 0.15) is 29.1 Å². The largest absolute Gasteiger partial charge is 0.459 e. The van der Waals surface area contributed by atoms with Crippen LogP contribution in [0.5, 0.6) is 0 Å². The van der Waals surface area contributed by atoms with Gasteiger partial charge in [-0.3, -0.25) is 9.59 Å². The van der Waals surface area contributed by atoms with E-state index in [1.807, 2.05) is 55.5 Å². The number of carbonyl (C=O) groups excluding carboxylic acids is 1. The van der Waals surface area contributed by atoms with E-state index >= 15 is 0 Å². The predicted octanol–water partition coefficient (Wildman–Crippen LogP) is 3.77. The molecule has 2 aromatic carbocycles.